The number of rotatable bonds is 3. The molecule has 2 atom stereocenters. The number of nitrogens with zero attached hydrogens (tertiary/aromatic N) is 1. The largest absolute Gasteiger partial charge is 0.328 e. The van der Waals surface area contributed by atoms with Gasteiger partial charge in [0.25, 0.3) is 0 Å². The summed E-state index contributed by atoms with van der Waals surface area (Å²) in [5.41, 5.74) is 5.85. The minimum Gasteiger partial charge on any atom is -0.328 e. The summed E-state index contributed by atoms with van der Waals surface area (Å²) in [6.45, 7) is 4.88. The van der Waals surface area contributed by atoms with Gasteiger partial charge in [0.2, 0.25) is 10.0 Å². The van der Waals surface area contributed by atoms with Crippen molar-refractivity contribution in [2.45, 2.75) is 31.2 Å². The standard InChI is InChI=1S/C11H17BrN2O2S2/c1-7(13)9-3-4-14(6-9)18(15,16)10-5-11(12)17-8(10)2/h5,7,9H,3-4,6,13H2,1-2H3. The van der Waals surface area contributed by atoms with Gasteiger partial charge in [-0.15, -0.1) is 11.3 Å². The molecule has 7 heteroatoms. The maximum Gasteiger partial charge on any atom is 0.244 e. The highest BCUT2D eigenvalue weighted by Crippen LogP contribution is 2.33. The SMILES string of the molecule is Cc1sc(Br)cc1S(=O)(=O)N1CCC(C(C)N)C1. The van der Waals surface area contributed by atoms with E-state index in [1.165, 1.54) is 11.3 Å². The zero-order valence-electron chi connectivity index (χ0n) is 10.4. The highest BCUT2D eigenvalue weighted by Gasteiger charge is 2.35. The Labute approximate surface area is 120 Å². The Morgan fingerprint density at radius 3 is 2.72 bits per heavy atom. The van der Waals surface area contributed by atoms with E-state index in [-0.39, 0.29) is 12.0 Å². The van der Waals surface area contributed by atoms with Crippen LogP contribution >= 0.6 is 27.3 Å². The summed E-state index contributed by atoms with van der Waals surface area (Å²) in [5.74, 6) is 0.266. The first kappa shape index (κ1) is 14.5. The van der Waals surface area contributed by atoms with Gasteiger partial charge in [0.05, 0.1) is 8.68 Å². The fourth-order valence-corrected chi connectivity index (χ4v) is 6.12. The van der Waals surface area contributed by atoms with Crippen LogP contribution in [0.3, 0.4) is 0 Å². The molecule has 1 saturated heterocycles. The van der Waals surface area contributed by atoms with Gasteiger partial charge >= 0.3 is 0 Å². The Hall–Kier alpha value is 0.0500. The van der Waals surface area contributed by atoms with Crippen LogP contribution in [0.5, 0.6) is 0 Å². The van der Waals surface area contributed by atoms with Gasteiger partial charge in [-0.1, -0.05) is 0 Å². The molecule has 102 valence electrons. The summed E-state index contributed by atoms with van der Waals surface area (Å²) in [6, 6.07) is 1.73. The molecule has 2 unspecified atom stereocenters. The second-order valence-electron chi connectivity index (χ2n) is 4.74. The lowest BCUT2D eigenvalue weighted by Gasteiger charge is -2.17. The molecule has 0 amide bonds. The van der Waals surface area contributed by atoms with Gasteiger partial charge in [0.15, 0.2) is 0 Å². The molecule has 1 aromatic heterocycles. The Bertz CT molecular complexity index is 539. The normalized spacial score (nSPS) is 23.4. The van der Waals surface area contributed by atoms with E-state index in [0.29, 0.717) is 18.0 Å². The molecule has 1 aliphatic heterocycles. The van der Waals surface area contributed by atoms with E-state index in [1.807, 2.05) is 13.8 Å². The van der Waals surface area contributed by atoms with E-state index in [1.54, 1.807) is 10.4 Å². The van der Waals surface area contributed by atoms with Gasteiger partial charge in [-0.25, -0.2) is 8.42 Å². The van der Waals surface area contributed by atoms with Crippen LogP contribution in [0.4, 0.5) is 0 Å². The van der Waals surface area contributed by atoms with Crippen LogP contribution in [0.15, 0.2) is 14.7 Å². The molecule has 2 heterocycles. The average molecular weight is 353 g/mol. The van der Waals surface area contributed by atoms with Crippen LogP contribution in [0.1, 0.15) is 18.2 Å². The highest BCUT2D eigenvalue weighted by molar-refractivity contribution is 9.11. The number of aryl methyl sites for hydroxylation is 1. The summed E-state index contributed by atoms with van der Waals surface area (Å²) in [7, 11) is -3.36. The summed E-state index contributed by atoms with van der Waals surface area (Å²) in [5, 5.41) is 0. The summed E-state index contributed by atoms with van der Waals surface area (Å²) >= 11 is 4.78. The lowest BCUT2D eigenvalue weighted by Crippen LogP contribution is -2.33. The molecule has 0 saturated carbocycles. The first-order chi connectivity index (χ1) is 8.32. The van der Waals surface area contributed by atoms with Crippen molar-refractivity contribution in [3.8, 4) is 0 Å². The van der Waals surface area contributed by atoms with Gasteiger partial charge in [0.1, 0.15) is 0 Å². The van der Waals surface area contributed by atoms with E-state index in [2.05, 4.69) is 15.9 Å². The number of hydrogen-bond acceptors (Lipinski definition) is 4. The van der Waals surface area contributed by atoms with Gasteiger partial charge in [-0.2, -0.15) is 4.31 Å². The maximum atomic E-state index is 12.5. The first-order valence-corrected chi connectivity index (χ1v) is 8.89. The molecule has 0 radical (unpaired) electrons. The van der Waals surface area contributed by atoms with Gasteiger partial charge in [0, 0.05) is 24.0 Å². The van der Waals surface area contributed by atoms with Crippen molar-refractivity contribution in [2.24, 2.45) is 11.7 Å². The van der Waals surface area contributed by atoms with Crippen LogP contribution in [-0.2, 0) is 10.0 Å². The third kappa shape index (κ3) is 2.65. The van der Waals surface area contributed by atoms with E-state index in [9.17, 15) is 8.42 Å². The topological polar surface area (TPSA) is 63.4 Å². The van der Waals surface area contributed by atoms with Crippen LogP contribution < -0.4 is 5.73 Å². The summed E-state index contributed by atoms with van der Waals surface area (Å²) in [6.07, 6.45) is 0.848. The van der Waals surface area contributed by atoms with Crippen molar-refractivity contribution in [2.75, 3.05) is 13.1 Å². The Morgan fingerprint density at radius 2 is 2.28 bits per heavy atom. The van der Waals surface area contributed by atoms with Crippen molar-refractivity contribution in [3.05, 3.63) is 14.7 Å². The van der Waals surface area contributed by atoms with Crippen molar-refractivity contribution in [1.82, 2.24) is 4.31 Å². The number of nitrogens with two attached hydrogens (primary N) is 1. The average Bonchev–Trinajstić information content (AvgIpc) is 2.85. The first-order valence-electron chi connectivity index (χ1n) is 5.84. The summed E-state index contributed by atoms with van der Waals surface area (Å²) < 4.78 is 27.4. The molecule has 0 aromatic carbocycles. The van der Waals surface area contributed by atoms with E-state index in [0.717, 1.165) is 15.1 Å². The molecular weight excluding hydrogens is 336 g/mol. The van der Waals surface area contributed by atoms with Crippen molar-refractivity contribution >= 4 is 37.3 Å². The maximum absolute atomic E-state index is 12.5. The zero-order chi connectivity index (χ0) is 13.5. The van der Waals surface area contributed by atoms with E-state index < -0.39 is 10.0 Å². The molecule has 4 nitrogen and oxygen atoms in total. The van der Waals surface area contributed by atoms with E-state index in [4.69, 9.17) is 5.73 Å². The number of hydrogen-bond donors (Lipinski definition) is 1. The third-order valence-electron chi connectivity index (χ3n) is 3.39. The minimum atomic E-state index is -3.36. The Morgan fingerprint density at radius 1 is 1.61 bits per heavy atom. The molecule has 0 bridgehead atoms. The predicted octanol–water partition coefficient (Wildman–Crippen LogP) is 2.18. The lowest BCUT2D eigenvalue weighted by atomic mass is 10.0. The number of halogens is 1. The number of sulfonamides is 1. The van der Waals surface area contributed by atoms with Crippen LogP contribution in [0.2, 0.25) is 0 Å². The summed E-state index contributed by atoms with van der Waals surface area (Å²) in [4.78, 5) is 1.25. The molecule has 0 aliphatic carbocycles. The third-order valence-corrected chi connectivity index (χ3v) is 7.07. The van der Waals surface area contributed by atoms with Crippen molar-refractivity contribution in [3.63, 3.8) is 0 Å². The van der Waals surface area contributed by atoms with E-state index >= 15 is 0 Å². The minimum absolute atomic E-state index is 0.0421. The molecule has 18 heavy (non-hydrogen) atoms. The molecule has 2 N–H and O–H groups in total. The van der Waals surface area contributed by atoms with Crippen LogP contribution in [0, 0.1) is 12.8 Å². The smallest absolute Gasteiger partial charge is 0.244 e. The van der Waals surface area contributed by atoms with Crippen molar-refractivity contribution < 1.29 is 8.42 Å². The molecule has 1 aromatic rings. The molecule has 1 fully saturated rings. The molecule has 1 aliphatic rings. The zero-order valence-corrected chi connectivity index (χ0v) is 13.6. The van der Waals surface area contributed by atoms with Crippen LogP contribution in [0.25, 0.3) is 0 Å². The Kier molecular flexibility index (Phi) is 4.18. The lowest BCUT2D eigenvalue weighted by molar-refractivity contribution is 0.429. The Balaban J connectivity index is 2.26. The second-order valence-corrected chi connectivity index (χ2v) is 9.28. The van der Waals surface area contributed by atoms with Crippen molar-refractivity contribution in [1.29, 1.82) is 0 Å². The molecular formula is C11H17BrN2O2S2. The fraction of sp³-hybridized carbons (Fsp3) is 0.636. The van der Waals surface area contributed by atoms with Gasteiger partial charge < -0.3 is 5.73 Å². The molecule has 2 rings (SSSR count). The molecule has 0 spiro atoms. The van der Waals surface area contributed by atoms with Gasteiger partial charge in [-0.05, 0) is 48.2 Å². The monoisotopic (exact) mass is 352 g/mol. The van der Waals surface area contributed by atoms with Crippen LogP contribution in [-0.4, -0.2) is 31.9 Å². The highest BCUT2D eigenvalue weighted by atomic mass is 79.9. The quantitative estimate of drug-likeness (QED) is 0.906. The number of thiophene rings is 1. The second kappa shape index (κ2) is 5.20. The predicted molar refractivity (Wildman–Crippen MR) is 77.3 cm³/mol. The fourth-order valence-electron chi connectivity index (χ4n) is 2.23. The van der Waals surface area contributed by atoms with Gasteiger partial charge in [-0.3, -0.25) is 0 Å².